The monoisotopic (exact) mass is 309 g/mol. The van der Waals surface area contributed by atoms with Gasteiger partial charge in [-0.1, -0.05) is 30.3 Å². The second-order valence-corrected chi connectivity index (χ2v) is 5.04. The number of alkyl carbamates (subject to hydrolysis) is 1. The lowest BCUT2D eigenvalue weighted by molar-refractivity contribution is -0.171. The van der Waals surface area contributed by atoms with Gasteiger partial charge in [-0.2, -0.15) is 0 Å². The molecule has 7 heteroatoms. The first-order chi connectivity index (χ1) is 10.6. The highest BCUT2D eigenvalue weighted by atomic mass is 16.6. The van der Waals surface area contributed by atoms with Gasteiger partial charge in [-0.3, -0.25) is 4.79 Å². The number of carbonyl (C=O) groups is 2. The van der Waals surface area contributed by atoms with Crippen LogP contribution in [-0.2, 0) is 25.6 Å². The number of aliphatic hydroxyl groups excluding tert-OH is 1. The van der Waals surface area contributed by atoms with E-state index in [0.29, 0.717) is 6.29 Å². The van der Waals surface area contributed by atoms with E-state index in [1.165, 1.54) is 7.11 Å². The largest absolute Gasteiger partial charge is 0.445 e. The number of ether oxygens (including phenoxy) is 3. The van der Waals surface area contributed by atoms with Crippen LogP contribution in [0.3, 0.4) is 0 Å². The van der Waals surface area contributed by atoms with Gasteiger partial charge in [-0.15, -0.1) is 0 Å². The second-order valence-electron chi connectivity index (χ2n) is 5.04. The van der Waals surface area contributed by atoms with Crippen LogP contribution in [0.1, 0.15) is 5.56 Å². The highest BCUT2D eigenvalue weighted by Gasteiger charge is 2.48. The fraction of sp³-hybridized carbons (Fsp3) is 0.467. The van der Waals surface area contributed by atoms with E-state index in [2.05, 4.69) is 5.32 Å². The van der Waals surface area contributed by atoms with Crippen LogP contribution >= 0.6 is 0 Å². The molecule has 0 saturated carbocycles. The summed E-state index contributed by atoms with van der Waals surface area (Å²) in [6.45, 7) is 0.0450. The number of methoxy groups -OCH3 is 1. The van der Waals surface area contributed by atoms with Crippen molar-refractivity contribution in [3.8, 4) is 0 Å². The Labute approximate surface area is 128 Å². The molecule has 0 radical (unpaired) electrons. The number of amides is 1. The molecule has 3 atom stereocenters. The van der Waals surface area contributed by atoms with Crippen molar-refractivity contribution in [3.05, 3.63) is 35.9 Å². The summed E-state index contributed by atoms with van der Waals surface area (Å²) in [5.41, 5.74) is -0.595. The highest BCUT2D eigenvalue weighted by Crippen LogP contribution is 2.22. The quantitative estimate of drug-likeness (QED) is 0.758. The molecule has 1 fully saturated rings. The lowest BCUT2D eigenvalue weighted by atomic mass is 9.90. The van der Waals surface area contributed by atoms with Crippen LogP contribution in [0.4, 0.5) is 4.79 Å². The number of aldehydes is 1. The molecule has 1 amide bonds. The van der Waals surface area contributed by atoms with Gasteiger partial charge in [-0.05, 0) is 5.56 Å². The van der Waals surface area contributed by atoms with Crippen molar-refractivity contribution in [2.75, 3.05) is 20.3 Å². The summed E-state index contributed by atoms with van der Waals surface area (Å²) in [6.07, 6.45) is -1.28. The van der Waals surface area contributed by atoms with E-state index in [1.54, 1.807) is 0 Å². The van der Waals surface area contributed by atoms with Crippen LogP contribution < -0.4 is 5.32 Å². The van der Waals surface area contributed by atoms with E-state index in [0.717, 1.165) is 5.56 Å². The molecular formula is C15H19NO6. The first kappa shape index (κ1) is 16.4. The Bertz CT molecular complexity index is 508. The van der Waals surface area contributed by atoms with Gasteiger partial charge in [0, 0.05) is 7.11 Å². The number of nitrogens with one attached hydrogen (secondary N) is 1. The Morgan fingerprint density at radius 3 is 2.86 bits per heavy atom. The molecule has 0 bridgehead atoms. The third-order valence-corrected chi connectivity index (χ3v) is 3.59. The third kappa shape index (κ3) is 3.62. The van der Waals surface area contributed by atoms with Crippen LogP contribution in [0.2, 0.25) is 0 Å². The summed E-state index contributed by atoms with van der Waals surface area (Å²) in [5, 5.41) is 12.5. The fourth-order valence-corrected chi connectivity index (χ4v) is 2.30. The van der Waals surface area contributed by atoms with Gasteiger partial charge in [-0.25, -0.2) is 4.79 Å². The molecule has 7 nitrogen and oxygen atoms in total. The van der Waals surface area contributed by atoms with Crippen LogP contribution in [-0.4, -0.2) is 55.6 Å². The smallest absolute Gasteiger partial charge is 0.407 e. The number of aliphatic hydroxyl groups is 1. The average molecular weight is 309 g/mol. The molecule has 1 saturated heterocycles. The molecule has 22 heavy (non-hydrogen) atoms. The molecule has 0 aromatic heterocycles. The maximum Gasteiger partial charge on any atom is 0.407 e. The highest BCUT2D eigenvalue weighted by molar-refractivity contribution is 5.71. The minimum Gasteiger partial charge on any atom is -0.445 e. The molecule has 1 unspecified atom stereocenters. The summed E-state index contributed by atoms with van der Waals surface area (Å²) in [6, 6.07) is 8.23. The standard InChI is InChI=1S/C15H19NO6/c1-20-15(9-17)10-21-8-12(18)13(15)16-14(19)22-7-11-5-3-2-4-6-11/h2-6,9,12-13,18H,7-8,10H2,1H3,(H,16,19)/t12-,13-,15?/m0/s1. The van der Waals surface area contributed by atoms with Gasteiger partial charge in [0.2, 0.25) is 0 Å². The van der Waals surface area contributed by atoms with Gasteiger partial charge >= 0.3 is 6.09 Å². The lowest BCUT2D eigenvalue weighted by Crippen LogP contribution is -2.66. The Morgan fingerprint density at radius 2 is 2.23 bits per heavy atom. The molecule has 1 heterocycles. The zero-order chi connectivity index (χ0) is 16.0. The second kappa shape index (κ2) is 7.35. The summed E-state index contributed by atoms with van der Waals surface area (Å²) in [5.74, 6) is 0. The number of hydrogen-bond donors (Lipinski definition) is 2. The minimum absolute atomic E-state index is 0.00256. The maximum atomic E-state index is 11.9. The predicted octanol–water partition coefficient (Wildman–Crippen LogP) is 0.257. The number of carbonyl (C=O) groups excluding carboxylic acids is 2. The molecule has 1 aromatic rings. The third-order valence-electron chi connectivity index (χ3n) is 3.59. The van der Waals surface area contributed by atoms with Gasteiger partial charge in [0.1, 0.15) is 12.7 Å². The molecule has 2 rings (SSSR count). The Kier molecular flexibility index (Phi) is 5.48. The number of benzene rings is 1. The normalized spacial score (nSPS) is 27.9. The number of hydrogen-bond acceptors (Lipinski definition) is 6. The zero-order valence-corrected chi connectivity index (χ0v) is 12.2. The topological polar surface area (TPSA) is 94.1 Å². The summed E-state index contributed by atoms with van der Waals surface area (Å²) >= 11 is 0. The van der Waals surface area contributed by atoms with E-state index < -0.39 is 23.8 Å². The Balaban J connectivity index is 1.97. The van der Waals surface area contributed by atoms with Gasteiger partial charge < -0.3 is 24.6 Å². The van der Waals surface area contributed by atoms with Gasteiger partial charge in [0.25, 0.3) is 0 Å². The van der Waals surface area contributed by atoms with Crippen LogP contribution in [0.15, 0.2) is 30.3 Å². The van der Waals surface area contributed by atoms with Crippen molar-refractivity contribution in [1.82, 2.24) is 5.32 Å². The molecule has 1 aliphatic heterocycles. The molecule has 120 valence electrons. The summed E-state index contributed by atoms with van der Waals surface area (Å²) in [4.78, 5) is 23.2. The van der Waals surface area contributed by atoms with E-state index in [1.807, 2.05) is 30.3 Å². The molecule has 1 aliphatic rings. The summed E-state index contributed by atoms with van der Waals surface area (Å²) in [7, 11) is 1.32. The Hall–Kier alpha value is -1.96. The van der Waals surface area contributed by atoms with Crippen molar-refractivity contribution in [3.63, 3.8) is 0 Å². The lowest BCUT2D eigenvalue weighted by Gasteiger charge is -2.41. The summed E-state index contributed by atoms with van der Waals surface area (Å²) < 4.78 is 15.4. The predicted molar refractivity (Wildman–Crippen MR) is 76.2 cm³/mol. The van der Waals surface area contributed by atoms with Crippen molar-refractivity contribution in [2.45, 2.75) is 24.4 Å². The fourth-order valence-electron chi connectivity index (χ4n) is 2.30. The first-order valence-corrected chi connectivity index (χ1v) is 6.86. The average Bonchev–Trinajstić information content (AvgIpc) is 2.56. The number of rotatable bonds is 5. The SMILES string of the molecule is COC1(C=O)COC[C@H](O)[C@@H]1NC(=O)OCc1ccccc1. The van der Waals surface area contributed by atoms with E-state index >= 15 is 0 Å². The van der Waals surface area contributed by atoms with Crippen molar-refractivity contribution in [2.24, 2.45) is 0 Å². The maximum absolute atomic E-state index is 11.9. The van der Waals surface area contributed by atoms with Gasteiger partial charge in [0.15, 0.2) is 11.9 Å². The zero-order valence-electron chi connectivity index (χ0n) is 12.2. The van der Waals surface area contributed by atoms with E-state index in [4.69, 9.17) is 14.2 Å². The van der Waals surface area contributed by atoms with Crippen LogP contribution in [0.25, 0.3) is 0 Å². The van der Waals surface area contributed by atoms with Crippen LogP contribution in [0, 0.1) is 0 Å². The first-order valence-electron chi connectivity index (χ1n) is 6.86. The molecule has 2 N–H and O–H groups in total. The molecule has 0 spiro atoms. The van der Waals surface area contributed by atoms with Crippen molar-refractivity contribution >= 4 is 12.4 Å². The van der Waals surface area contributed by atoms with E-state index in [-0.39, 0.29) is 19.8 Å². The van der Waals surface area contributed by atoms with Crippen molar-refractivity contribution < 1.29 is 28.9 Å². The molecular weight excluding hydrogens is 290 g/mol. The molecule has 1 aromatic carbocycles. The van der Waals surface area contributed by atoms with Crippen molar-refractivity contribution in [1.29, 1.82) is 0 Å². The van der Waals surface area contributed by atoms with Gasteiger partial charge in [0.05, 0.1) is 19.3 Å². The minimum atomic E-state index is -1.43. The molecule has 0 aliphatic carbocycles. The van der Waals surface area contributed by atoms with Crippen LogP contribution in [0.5, 0.6) is 0 Å². The van der Waals surface area contributed by atoms with E-state index in [9.17, 15) is 14.7 Å². The Morgan fingerprint density at radius 1 is 1.50 bits per heavy atom.